The average molecular weight is 389 g/mol. The first kappa shape index (κ1) is 19.1. The number of hydrazone groups is 1. The van der Waals surface area contributed by atoms with E-state index in [1.54, 1.807) is 0 Å². The van der Waals surface area contributed by atoms with Gasteiger partial charge < -0.3 is 0 Å². The van der Waals surface area contributed by atoms with Crippen LogP contribution < -0.4 is 5.43 Å². The van der Waals surface area contributed by atoms with Crippen molar-refractivity contribution in [2.75, 3.05) is 6.54 Å². The molecule has 0 radical (unpaired) electrons. The van der Waals surface area contributed by atoms with Crippen molar-refractivity contribution >= 4 is 23.4 Å². The monoisotopic (exact) mass is 389 g/mol. The van der Waals surface area contributed by atoms with Gasteiger partial charge in [-0.2, -0.15) is 5.10 Å². The van der Waals surface area contributed by atoms with Crippen LogP contribution >= 0.6 is 0 Å². The number of imide groups is 1. The van der Waals surface area contributed by atoms with E-state index in [4.69, 9.17) is 0 Å². The van der Waals surface area contributed by atoms with E-state index in [2.05, 4.69) is 10.5 Å². The second-order valence-electron chi connectivity index (χ2n) is 7.49. The molecule has 2 aromatic carbocycles. The van der Waals surface area contributed by atoms with E-state index < -0.39 is 5.91 Å². The Bertz CT molecular complexity index is 875. The molecule has 0 spiro atoms. The number of rotatable bonds is 5. The van der Waals surface area contributed by atoms with Gasteiger partial charge in [0, 0.05) is 11.1 Å². The first-order valence-electron chi connectivity index (χ1n) is 9.98. The van der Waals surface area contributed by atoms with Gasteiger partial charge in [0.1, 0.15) is 6.54 Å². The number of hydrogen-bond donors (Lipinski definition) is 1. The lowest BCUT2D eigenvalue weighted by Crippen LogP contribution is -2.40. The largest absolute Gasteiger partial charge is 0.274 e. The Morgan fingerprint density at radius 2 is 1.34 bits per heavy atom. The molecular weight excluding hydrogens is 366 g/mol. The zero-order chi connectivity index (χ0) is 20.2. The van der Waals surface area contributed by atoms with E-state index in [1.807, 2.05) is 60.7 Å². The van der Waals surface area contributed by atoms with Crippen LogP contribution in [0.25, 0.3) is 0 Å². The Morgan fingerprint density at radius 1 is 0.862 bits per heavy atom. The standard InChI is InChI=1S/C23H23N3O3/c27-20(15-26-22(28)18-13-7-8-14-19(18)23(26)29)24-25-21(16-9-3-1-4-10-16)17-11-5-2-6-12-17/h1-6,9-12,18-19H,7-8,13-15H2,(H,24,27). The second-order valence-corrected chi connectivity index (χ2v) is 7.49. The normalized spacial score (nSPS) is 20.9. The Labute approximate surface area is 169 Å². The van der Waals surface area contributed by atoms with Gasteiger partial charge >= 0.3 is 0 Å². The van der Waals surface area contributed by atoms with Gasteiger partial charge in [-0.3, -0.25) is 19.3 Å². The molecule has 2 unspecified atom stereocenters. The van der Waals surface area contributed by atoms with Gasteiger partial charge in [-0.05, 0) is 12.8 Å². The highest BCUT2D eigenvalue weighted by Gasteiger charge is 2.48. The number of likely N-dealkylation sites (tertiary alicyclic amines) is 1. The molecule has 1 saturated carbocycles. The van der Waals surface area contributed by atoms with Gasteiger partial charge in [-0.1, -0.05) is 73.5 Å². The third-order valence-corrected chi connectivity index (χ3v) is 5.62. The molecule has 3 amide bonds. The van der Waals surface area contributed by atoms with E-state index >= 15 is 0 Å². The van der Waals surface area contributed by atoms with Crippen LogP contribution in [0.15, 0.2) is 65.8 Å². The summed E-state index contributed by atoms with van der Waals surface area (Å²) in [6.45, 7) is -0.287. The molecule has 2 aliphatic rings. The summed E-state index contributed by atoms with van der Waals surface area (Å²) in [4.78, 5) is 38.7. The van der Waals surface area contributed by atoms with Crippen molar-refractivity contribution in [3.8, 4) is 0 Å². The van der Waals surface area contributed by atoms with E-state index in [0.29, 0.717) is 5.71 Å². The fraction of sp³-hybridized carbons (Fsp3) is 0.304. The fourth-order valence-corrected chi connectivity index (χ4v) is 4.17. The highest BCUT2D eigenvalue weighted by molar-refractivity contribution is 6.13. The zero-order valence-electron chi connectivity index (χ0n) is 16.1. The molecule has 0 bridgehead atoms. The number of carbonyl (C=O) groups is 3. The molecule has 1 heterocycles. The summed E-state index contributed by atoms with van der Waals surface area (Å²) in [6, 6.07) is 19.1. The van der Waals surface area contributed by atoms with Crippen LogP contribution in [0.4, 0.5) is 0 Å². The molecular formula is C23H23N3O3. The third kappa shape index (κ3) is 3.97. The smallest absolute Gasteiger partial charge is 0.260 e. The summed E-state index contributed by atoms with van der Waals surface area (Å²) < 4.78 is 0. The molecule has 0 aromatic heterocycles. The minimum absolute atomic E-state index is 0.217. The number of nitrogens with zero attached hydrogens (tertiary/aromatic N) is 2. The number of amides is 3. The van der Waals surface area contributed by atoms with E-state index in [0.717, 1.165) is 41.7 Å². The minimum atomic E-state index is -0.477. The molecule has 2 aromatic rings. The summed E-state index contributed by atoms with van der Waals surface area (Å²) in [5.74, 6) is -1.42. The van der Waals surface area contributed by atoms with Gasteiger partial charge in [0.15, 0.2) is 0 Å². The number of benzene rings is 2. The summed E-state index contributed by atoms with van der Waals surface area (Å²) >= 11 is 0. The molecule has 6 nitrogen and oxygen atoms in total. The first-order valence-corrected chi connectivity index (χ1v) is 9.98. The number of hydrogen-bond acceptors (Lipinski definition) is 4. The Morgan fingerprint density at radius 3 is 1.83 bits per heavy atom. The molecule has 1 saturated heterocycles. The summed E-state index contributed by atoms with van der Waals surface area (Å²) in [7, 11) is 0. The van der Waals surface area contributed by atoms with Crippen LogP contribution in [0.5, 0.6) is 0 Å². The van der Waals surface area contributed by atoms with Gasteiger partial charge in [0.05, 0.1) is 17.5 Å². The molecule has 1 N–H and O–H groups in total. The molecule has 4 rings (SSSR count). The second kappa shape index (κ2) is 8.39. The molecule has 148 valence electrons. The zero-order valence-corrected chi connectivity index (χ0v) is 16.1. The van der Waals surface area contributed by atoms with Gasteiger partial charge in [-0.15, -0.1) is 0 Å². The molecule has 1 aliphatic heterocycles. The number of nitrogens with one attached hydrogen (secondary N) is 1. The third-order valence-electron chi connectivity index (χ3n) is 5.62. The van der Waals surface area contributed by atoms with Crippen LogP contribution in [-0.4, -0.2) is 34.9 Å². The topological polar surface area (TPSA) is 78.8 Å². The molecule has 1 aliphatic carbocycles. The van der Waals surface area contributed by atoms with Gasteiger partial charge in [0.25, 0.3) is 5.91 Å². The van der Waals surface area contributed by atoms with E-state index in [-0.39, 0.29) is 30.2 Å². The van der Waals surface area contributed by atoms with Crippen molar-refractivity contribution in [3.63, 3.8) is 0 Å². The van der Waals surface area contributed by atoms with Crippen LogP contribution in [0.1, 0.15) is 36.8 Å². The molecule has 2 atom stereocenters. The van der Waals surface area contributed by atoms with E-state index in [9.17, 15) is 14.4 Å². The Balaban J connectivity index is 1.50. The number of carbonyl (C=O) groups excluding carboxylic acids is 3. The molecule has 2 fully saturated rings. The van der Waals surface area contributed by atoms with Crippen molar-refractivity contribution in [3.05, 3.63) is 71.8 Å². The SMILES string of the molecule is O=C(CN1C(=O)C2CCCCC2C1=O)NN=C(c1ccccc1)c1ccccc1. The first-order chi connectivity index (χ1) is 14.1. The highest BCUT2D eigenvalue weighted by Crippen LogP contribution is 2.37. The average Bonchev–Trinajstić information content (AvgIpc) is 3.00. The quantitative estimate of drug-likeness (QED) is 0.485. The van der Waals surface area contributed by atoms with Crippen molar-refractivity contribution in [1.82, 2.24) is 10.3 Å². The fourth-order valence-electron chi connectivity index (χ4n) is 4.17. The van der Waals surface area contributed by atoms with Gasteiger partial charge in [0.2, 0.25) is 11.8 Å². The van der Waals surface area contributed by atoms with Crippen molar-refractivity contribution in [2.24, 2.45) is 16.9 Å². The predicted molar refractivity (Wildman–Crippen MR) is 109 cm³/mol. The molecule has 29 heavy (non-hydrogen) atoms. The lowest BCUT2D eigenvalue weighted by Gasteiger charge is -2.19. The Hall–Kier alpha value is -3.28. The van der Waals surface area contributed by atoms with Crippen LogP contribution in [-0.2, 0) is 14.4 Å². The maximum Gasteiger partial charge on any atom is 0.260 e. The minimum Gasteiger partial charge on any atom is -0.274 e. The van der Waals surface area contributed by atoms with Crippen molar-refractivity contribution in [2.45, 2.75) is 25.7 Å². The van der Waals surface area contributed by atoms with Gasteiger partial charge in [-0.25, -0.2) is 5.43 Å². The number of fused-ring (bicyclic) bond motifs is 1. The van der Waals surface area contributed by atoms with E-state index in [1.165, 1.54) is 0 Å². The van der Waals surface area contributed by atoms with Crippen LogP contribution in [0, 0.1) is 11.8 Å². The predicted octanol–water partition coefficient (Wildman–Crippen LogP) is 2.73. The van der Waals surface area contributed by atoms with Crippen molar-refractivity contribution in [1.29, 1.82) is 0 Å². The highest BCUT2D eigenvalue weighted by atomic mass is 16.2. The maximum absolute atomic E-state index is 12.6. The van der Waals surface area contributed by atoms with Crippen LogP contribution in [0.2, 0.25) is 0 Å². The summed E-state index contributed by atoms with van der Waals surface area (Å²) in [5, 5.41) is 4.31. The van der Waals surface area contributed by atoms with Crippen LogP contribution in [0.3, 0.4) is 0 Å². The Kier molecular flexibility index (Phi) is 5.51. The lowest BCUT2D eigenvalue weighted by molar-refractivity contribution is -0.143. The molecule has 6 heteroatoms. The maximum atomic E-state index is 12.6. The summed E-state index contributed by atoms with van der Waals surface area (Å²) in [5.41, 5.74) is 4.87. The van der Waals surface area contributed by atoms with Crippen molar-refractivity contribution < 1.29 is 14.4 Å². The lowest BCUT2D eigenvalue weighted by atomic mass is 9.81. The summed E-state index contributed by atoms with van der Waals surface area (Å²) in [6.07, 6.45) is 3.39.